The van der Waals surface area contributed by atoms with Gasteiger partial charge in [0.25, 0.3) is 0 Å². The molecule has 92 valence electrons. The van der Waals surface area contributed by atoms with Gasteiger partial charge in [0, 0.05) is 0 Å². The minimum Gasteiger partial charge on any atom is -0.508 e. The number of phenolic OH excluding ortho intramolecular Hbond substituents is 1. The van der Waals surface area contributed by atoms with E-state index in [1.807, 2.05) is 13.8 Å². The van der Waals surface area contributed by atoms with Crippen molar-refractivity contribution in [3.63, 3.8) is 0 Å². The molecule has 4 heteroatoms. The molecule has 0 fully saturated rings. The van der Waals surface area contributed by atoms with Gasteiger partial charge in [0.1, 0.15) is 5.75 Å². The van der Waals surface area contributed by atoms with Gasteiger partial charge in [0.05, 0.1) is 5.56 Å². The monoisotopic (exact) mass is 234 g/mol. The molecule has 0 bridgehead atoms. The summed E-state index contributed by atoms with van der Waals surface area (Å²) in [6, 6.07) is 3.14. The molecule has 0 aliphatic heterocycles. The second-order valence-corrected chi connectivity index (χ2v) is 3.47. The van der Waals surface area contributed by atoms with Crippen LogP contribution in [0.5, 0.6) is 5.75 Å². The Labute approximate surface area is 93.9 Å². The molecule has 0 saturated carbocycles. The van der Waals surface area contributed by atoms with Gasteiger partial charge < -0.3 is 5.11 Å². The summed E-state index contributed by atoms with van der Waals surface area (Å²) in [5.41, 5.74) is -0.321. The summed E-state index contributed by atoms with van der Waals surface area (Å²) < 4.78 is 36.9. The Kier molecular flexibility index (Phi) is 5.35. The molecule has 0 radical (unpaired) electrons. The number of rotatable bonds is 1. The van der Waals surface area contributed by atoms with E-state index in [0.717, 1.165) is 12.1 Å². The maximum Gasteiger partial charge on any atom is 0.416 e. The van der Waals surface area contributed by atoms with E-state index in [1.54, 1.807) is 13.8 Å². The maximum atomic E-state index is 12.3. The first kappa shape index (κ1) is 14.8. The molecule has 0 spiro atoms. The van der Waals surface area contributed by atoms with Crippen LogP contribution in [-0.2, 0) is 6.18 Å². The Hall–Kier alpha value is -1.19. The van der Waals surface area contributed by atoms with Crippen molar-refractivity contribution in [3.05, 3.63) is 29.3 Å². The molecular formula is C12H17F3O. The van der Waals surface area contributed by atoms with E-state index in [0.29, 0.717) is 5.56 Å². The molecule has 0 heterocycles. The summed E-state index contributed by atoms with van der Waals surface area (Å²) in [5, 5.41) is 9.11. The van der Waals surface area contributed by atoms with Gasteiger partial charge in [-0.2, -0.15) is 13.2 Å². The van der Waals surface area contributed by atoms with Crippen molar-refractivity contribution >= 4 is 0 Å². The zero-order valence-electron chi connectivity index (χ0n) is 9.89. The van der Waals surface area contributed by atoms with Crippen molar-refractivity contribution in [2.75, 3.05) is 0 Å². The first-order valence-corrected chi connectivity index (χ1v) is 5.22. The zero-order valence-corrected chi connectivity index (χ0v) is 9.89. The van der Waals surface area contributed by atoms with Crippen molar-refractivity contribution in [2.45, 2.75) is 39.8 Å². The third kappa shape index (κ3) is 4.13. The van der Waals surface area contributed by atoms with E-state index in [4.69, 9.17) is 5.11 Å². The fourth-order valence-corrected chi connectivity index (χ4v) is 1.13. The molecule has 1 N–H and O–H groups in total. The third-order valence-electron chi connectivity index (χ3n) is 1.93. The highest BCUT2D eigenvalue weighted by Crippen LogP contribution is 2.33. The van der Waals surface area contributed by atoms with Gasteiger partial charge in [0.2, 0.25) is 0 Å². The Balaban J connectivity index is 0.00000106. The summed E-state index contributed by atoms with van der Waals surface area (Å²) >= 11 is 0. The largest absolute Gasteiger partial charge is 0.508 e. The lowest BCUT2D eigenvalue weighted by Crippen LogP contribution is -2.05. The lowest BCUT2D eigenvalue weighted by Gasteiger charge is -2.11. The number of hydrogen-bond acceptors (Lipinski definition) is 1. The molecule has 0 saturated heterocycles. The molecule has 0 aliphatic carbocycles. The molecule has 0 unspecified atom stereocenters. The van der Waals surface area contributed by atoms with Crippen molar-refractivity contribution in [2.24, 2.45) is 0 Å². The highest BCUT2D eigenvalue weighted by Gasteiger charge is 2.31. The Bertz CT molecular complexity index is 330. The Morgan fingerprint density at radius 1 is 1.06 bits per heavy atom. The smallest absolute Gasteiger partial charge is 0.416 e. The first-order chi connectivity index (χ1) is 7.30. The van der Waals surface area contributed by atoms with Crippen molar-refractivity contribution in [3.8, 4) is 5.75 Å². The Morgan fingerprint density at radius 2 is 1.56 bits per heavy atom. The SMILES string of the molecule is CC.CC(C)c1cc(O)cc(C(F)(F)F)c1. The highest BCUT2D eigenvalue weighted by molar-refractivity contribution is 5.36. The molecule has 16 heavy (non-hydrogen) atoms. The number of benzene rings is 1. The van der Waals surface area contributed by atoms with Crippen LogP contribution < -0.4 is 0 Å². The summed E-state index contributed by atoms with van der Waals surface area (Å²) in [4.78, 5) is 0. The lowest BCUT2D eigenvalue weighted by atomic mass is 10.0. The third-order valence-corrected chi connectivity index (χ3v) is 1.93. The van der Waals surface area contributed by atoms with Crippen LogP contribution in [0.1, 0.15) is 44.7 Å². The predicted molar refractivity (Wildman–Crippen MR) is 58.5 cm³/mol. The zero-order chi connectivity index (χ0) is 12.9. The van der Waals surface area contributed by atoms with Crippen LogP contribution in [0, 0.1) is 0 Å². The second kappa shape index (κ2) is 5.77. The van der Waals surface area contributed by atoms with Gasteiger partial charge in [0.15, 0.2) is 0 Å². The van der Waals surface area contributed by atoms with E-state index >= 15 is 0 Å². The topological polar surface area (TPSA) is 20.2 Å². The van der Waals surface area contributed by atoms with Gasteiger partial charge in [-0.1, -0.05) is 27.7 Å². The van der Waals surface area contributed by atoms with E-state index in [2.05, 4.69) is 0 Å². The minimum absolute atomic E-state index is 0.0387. The number of aromatic hydroxyl groups is 1. The molecular weight excluding hydrogens is 217 g/mol. The van der Waals surface area contributed by atoms with Gasteiger partial charge in [-0.15, -0.1) is 0 Å². The molecule has 0 atom stereocenters. The molecule has 1 aromatic rings. The van der Waals surface area contributed by atoms with Crippen LogP contribution >= 0.6 is 0 Å². The average Bonchev–Trinajstić information content (AvgIpc) is 2.18. The molecule has 0 aliphatic rings. The summed E-state index contributed by atoms with van der Waals surface area (Å²) in [5.74, 6) is -0.383. The van der Waals surface area contributed by atoms with Crippen LogP contribution in [0.4, 0.5) is 13.2 Å². The maximum absolute atomic E-state index is 12.3. The number of hydrogen-bond donors (Lipinski definition) is 1. The fourth-order valence-electron chi connectivity index (χ4n) is 1.13. The van der Waals surface area contributed by atoms with Gasteiger partial charge in [-0.3, -0.25) is 0 Å². The average molecular weight is 234 g/mol. The minimum atomic E-state index is -4.40. The summed E-state index contributed by atoms with van der Waals surface area (Å²) in [6.45, 7) is 7.55. The molecule has 0 amide bonds. The molecule has 0 aromatic heterocycles. The highest BCUT2D eigenvalue weighted by atomic mass is 19.4. The van der Waals surface area contributed by atoms with Crippen LogP contribution in [0.3, 0.4) is 0 Å². The van der Waals surface area contributed by atoms with Crippen molar-refractivity contribution < 1.29 is 18.3 Å². The van der Waals surface area contributed by atoms with E-state index in [9.17, 15) is 13.2 Å². The van der Waals surface area contributed by atoms with Crippen LogP contribution in [0.25, 0.3) is 0 Å². The molecule has 1 aromatic carbocycles. The van der Waals surface area contributed by atoms with E-state index < -0.39 is 11.7 Å². The fraction of sp³-hybridized carbons (Fsp3) is 0.500. The molecule has 1 nitrogen and oxygen atoms in total. The first-order valence-electron chi connectivity index (χ1n) is 5.22. The predicted octanol–water partition coefficient (Wildman–Crippen LogP) is 4.56. The van der Waals surface area contributed by atoms with Gasteiger partial charge >= 0.3 is 6.18 Å². The van der Waals surface area contributed by atoms with Crippen molar-refractivity contribution in [1.29, 1.82) is 0 Å². The lowest BCUT2D eigenvalue weighted by molar-refractivity contribution is -0.137. The molecule has 1 rings (SSSR count). The van der Waals surface area contributed by atoms with Crippen LogP contribution in [0.2, 0.25) is 0 Å². The standard InChI is InChI=1S/C10H11F3O.C2H6/c1-6(2)7-3-8(10(11,12)13)5-9(14)4-7;1-2/h3-6,14H,1-2H3;1-2H3. The summed E-state index contributed by atoms with van der Waals surface area (Å²) in [7, 11) is 0. The number of alkyl halides is 3. The summed E-state index contributed by atoms with van der Waals surface area (Å²) in [6.07, 6.45) is -4.40. The van der Waals surface area contributed by atoms with Crippen LogP contribution in [0.15, 0.2) is 18.2 Å². The normalized spacial score (nSPS) is 11.0. The number of halogens is 3. The van der Waals surface area contributed by atoms with E-state index in [-0.39, 0.29) is 11.7 Å². The van der Waals surface area contributed by atoms with Gasteiger partial charge in [-0.05, 0) is 29.7 Å². The second-order valence-electron chi connectivity index (χ2n) is 3.47. The quantitative estimate of drug-likeness (QED) is 0.755. The van der Waals surface area contributed by atoms with Crippen molar-refractivity contribution in [1.82, 2.24) is 0 Å². The Morgan fingerprint density at radius 3 is 1.94 bits per heavy atom. The van der Waals surface area contributed by atoms with Crippen LogP contribution in [-0.4, -0.2) is 5.11 Å². The van der Waals surface area contributed by atoms with Gasteiger partial charge in [-0.25, -0.2) is 0 Å². The number of phenols is 1. The van der Waals surface area contributed by atoms with E-state index in [1.165, 1.54) is 6.07 Å².